The van der Waals surface area contributed by atoms with Crippen molar-refractivity contribution in [1.82, 2.24) is 4.90 Å². The van der Waals surface area contributed by atoms with E-state index in [0.29, 0.717) is 17.8 Å². The molecule has 0 unspecified atom stereocenters. The molecule has 3 aliphatic heterocycles. The fourth-order valence-corrected chi connectivity index (χ4v) is 2.84. The zero-order valence-electron chi connectivity index (χ0n) is 10.2. The van der Waals surface area contributed by atoms with Crippen molar-refractivity contribution in [1.29, 1.82) is 0 Å². The Labute approximate surface area is 106 Å². The van der Waals surface area contributed by atoms with Crippen molar-refractivity contribution >= 4 is 11.9 Å². The van der Waals surface area contributed by atoms with Crippen molar-refractivity contribution in [2.24, 2.45) is 5.92 Å². The third kappa shape index (κ3) is 2.05. The maximum Gasteiger partial charge on any atom is 0.141 e. The van der Waals surface area contributed by atoms with Crippen LogP contribution in [0.3, 0.4) is 0 Å². The monoisotopic (exact) mass is 245 g/mol. The normalized spacial score (nSPS) is 22.6. The van der Waals surface area contributed by atoms with Gasteiger partial charge in [0.1, 0.15) is 11.6 Å². The van der Waals surface area contributed by atoms with Crippen molar-refractivity contribution in [3.8, 4) is 0 Å². The number of piperidine rings is 1. The quantitative estimate of drug-likeness (QED) is 0.758. The maximum absolute atomic E-state index is 13.6. The summed E-state index contributed by atoms with van der Waals surface area (Å²) in [5, 5.41) is 0. The molecule has 94 valence electrons. The van der Waals surface area contributed by atoms with Gasteiger partial charge in [-0.05, 0) is 25.0 Å². The van der Waals surface area contributed by atoms with Crippen molar-refractivity contribution in [3.05, 3.63) is 41.3 Å². The van der Waals surface area contributed by atoms with Gasteiger partial charge in [-0.1, -0.05) is 18.2 Å². The highest BCUT2D eigenvalue weighted by atomic mass is 19.1. The molecule has 3 fully saturated rings. The number of carbonyl (C=O) groups excluding carboxylic acids is 1. The lowest BCUT2D eigenvalue weighted by molar-refractivity contribution is -0.122. The molecule has 2 bridgehead atoms. The summed E-state index contributed by atoms with van der Waals surface area (Å²) in [5.74, 6) is 0.322. The lowest BCUT2D eigenvalue weighted by atomic mass is 9.94. The number of Topliss-reactive ketones (excluding diaryl/α,β-unsaturated/α-hetero) is 1. The van der Waals surface area contributed by atoms with Crippen LogP contribution in [0.15, 0.2) is 30.0 Å². The van der Waals surface area contributed by atoms with Gasteiger partial charge in [0.2, 0.25) is 0 Å². The van der Waals surface area contributed by atoms with Crippen molar-refractivity contribution in [2.45, 2.75) is 19.3 Å². The van der Waals surface area contributed by atoms with Crippen LogP contribution in [-0.2, 0) is 4.79 Å². The summed E-state index contributed by atoms with van der Waals surface area (Å²) in [4.78, 5) is 14.2. The van der Waals surface area contributed by atoms with Crippen LogP contribution in [0, 0.1) is 11.7 Å². The third-order valence-electron chi connectivity index (χ3n) is 3.94. The predicted octanol–water partition coefficient (Wildman–Crippen LogP) is 2.85. The standard InChI is InChI=1S/C15H16FNO/c16-14-4-2-1-3-12(14)9-13-10-15(18)11-5-7-17(13)8-6-11/h1-4,9,11H,5-8,10H2. The van der Waals surface area contributed by atoms with Crippen LogP contribution in [-0.4, -0.2) is 23.8 Å². The van der Waals surface area contributed by atoms with Gasteiger partial charge in [0.15, 0.2) is 0 Å². The second kappa shape index (κ2) is 4.56. The molecule has 1 aromatic carbocycles. The number of halogens is 1. The summed E-state index contributed by atoms with van der Waals surface area (Å²) in [6.45, 7) is 1.85. The van der Waals surface area contributed by atoms with E-state index in [-0.39, 0.29) is 11.7 Å². The predicted molar refractivity (Wildman–Crippen MR) is 68.3 cm³/mol. The highest BCUT2D eigenvalue weighted by Crippen LogP contribution is 2.31. The molecule has 4 rings (SSSR count). The molecule has 0 N–H and O–H groups in total. The van der Waals surface area contributed by atoms with E-state index >= 15 is 0 Å². The van der Waals surface area contributed by atoms with Gasteiger partial charge in [-0.3, -0.25) is 4.79 Å². The zero-order valence-corrected chi connectivity index (χ0v) is 10.2. The van der Waals surface area contributed by atoms with E-state index in [0.717, 1.165) is 31.6 Å². The number of hydrogen-bond acceptors (Lipinski definition) is 2. The Bertz CT molecular complexity index is 501. The van der Waals surface area contributed by atoms with E-state index in [1.807, 2.05) is 12.1 Å². The Kier molecular flexibility index (Phi) is 2.90. The van der Waals surface area contributed by atoms with E-state index in [1.54, 1.807) is 12.1 Å². The molecule has 3 heterocycles. The molecule has 0 atom stereocenters. The molecule has 3 heteroatoms. The smallest absolute Gasteiger partial charge is 0.141 e. The molecule has 0 spiro atoms. The number of hydrogen-bond donors (Lipinski definition) is 0. The second-order valence-corrected chi connectivity index (χ2v) is 5.06. The minimum Gasteiger partial charge on any atom is -0.374 e. The number of nitrogens with zero attached hydrogens (tertiary/aromatic N) is 1. The van der Waals surface area contributed by atoms with Crippen LogP contribution in [0.5, 0.6) is 0 Å². The number of allylic oxidation sites excluding steroid dienone is 1. The number of ketones is 1. The van der Waals surface area contributed by atoms with Crippen molar-refractivity contribution in [3.63, 3.8) is 0 Å². The number of benzene rings is 1. The molecule has 0 aliphatic carbocycles. The molecule has 3 aliphatic rings. The van der Waals surface area contributed by atoms with Gasteiger partial charge >= 0.3 is 0 Å². The minimum atomic E-state index is -0.225. The van der Waals surface area contributed by atoms with Gasteiger partial charge in [-0.2, -0.15) is 0 Å². The SMILES string of the molecule is O=C1CC(=Cc2ccccc2F)N2CCC1CC2. The first-order chi connectivity index (χ1) is 8.74. The highest BCUT2D eigenvalue weighted by molar-refractivity contribution is 5.85. The Morgan fingerprint density at radius 3 is 2.67 bits per heavy atom. The van der Waals surface area contributed by atoms with Gasteiger partial charge in [-0.15, -0.1) is 0 Å². The molecule has 0 saturated carbocycles. The lowest BCUT2D eigenvalue weighted by Crippen LogP contribution is -2.30. The average molecular weight is 245 g/mol. The first-order valence-electron chi connectivity index (χ1n) is 6.47. The number of rotatable bonds is 1. The largest absolute Gasteiger partial charge is 0.374 e. The van der Waals surface area contributed by atoms with Crippen LogP contribution in [0.2, 0.25) is 0 Å². The minimum absolute atomic E-state index is 0.225. The molecule has 0 aromatic heterocycles. The lowest BCUT2D eigenvalue weighted by Gasteiger charge is -2.29. The molecular formula is C15H16FNO. The Morgan fingerprint density at radius 1 is 1.22 bits per heavy atom. The summed E-state index contributed by atoms with van der Waals surface area (Å²) in [6, 6.07) is 6.71. The summed E-state index contributed by atoms with van der Waals surface area (Å²) in [7, 11) is 0. The Hall–Kier alpha value is -1.64. The Balaban J connectivity index is 1.95. The average Bonchev–Trinajstić information content (AvgIpc) is 2.62. The van der Waals surface area contributed by atoms with Gasteiger partial charge in [0, 0.05) is 36.7 Å². The van der Waals surface area contributed by atoms with E-state index in [9.17, 15) is 9.18 Å². The van der Waals surface area contributed by atoms with E-state index in [4.69, 9.17) is 0 Å². The first kappa shape index (κ1) is 11.5. The summed E-state index contributed by atoms with van der Waals surface area (Å²) in [5.41, 5.74) is 1.55. The molecule has 3 saturated heterocycles. The number of fused-ring (bicyclic) bond motifs is 4. The fraction of sp³-hybridized carbons (Fsp3) is 0.400. The maximum atomic E-state index is 13.6. The topological polar surface area (TPSA) is 20.3 Å². The van der Waals surface area contributed by atoms with Crippen LogP contribution in [0.25, 0.3) is 6.08 Å². The molecule has 0 amide bonds. The van der Waals surface area contributed by atoms with E-state index < -0.39 is 0 Å². The van der Waals surface area contributed by atoms with Gasteiger partial charge in [0.05, 0.1) is 0 Å². The molecule has 1 aromatic rings. The fourth-order valence-electron chi connectivity index (χ4n) is 2.84. The molecule has 18 heavy (non-hydrogen) atoms. The highest BCUT2D eigenvalue weighted by Gasteiger charge is 2.31. The van der Waals surface area contributed by atoms with Crippen molar-refractivity contribution in [2.75, 3.05) is 13.1 Å². The molecular weight excluding hydrogens is 229 g/mol. The van der Waals surface area contributed by atoms with E-state index in [1.165, 1.54) is 6.07 Å². The Morgan fingerprint density at radius 2 is 1.94 bits per heavy atom. The van der Waals surface area contributed by atoms with Crippen LogP contribution in [0.1, 0.15) is 24.8 Å². The summed E-state index contributed by atoms with van der Waals surface area (Å²) >= 11 is 0. The van der Waals surface area contributed by atoms with Gasteiger partial charge < -0.3 is 4.90 Å². The first-order valence-corrected chi connectivity index (χ1v) is 6.47. The molecule has 0 radical (unpaired) electrons. The van der Waals surface area contributed by atoms with Crippen LogP contribution >= 0.6 is 0 Å². The number of carbonyl (C=O) groups is 1. The molecule has 2 nitrogen and oxygen atoms in total. The van der Waals surface area contributed by atoms with E-state index in [2.05, 4.69) is 4.90 Å². The second-order valence-electron chi connectivity index (χ2n) is 5.06. The van der Waals surface area contributed by atoms with Crippen LogP contribution < -0.4 is 0 Å². The summed E-state index contributed by atoms with van der Waals surface area (Å²) in [6.07, 6.45) is 4.20. The van der Waals surface area contributed by atoms with Gasteiger partial charge in [-0.25, -0.2) is 4.39 Å². The zero-order chi connectivity index (χ0) is 12.5. The third-order valence-corrected chi connectivity index (χ3v) is 3.94. The van der Waals surface area contributed by atoms with Crippen LogP contribution in [0.4, 0.5) is 4.39 Å². The van der Waals surface area contributed by atoms with Gasteiger partial charge in [0.25, 0.3) is 0 Å². The van der Waals surface area contributed by atoms with Crippen molar-refractivity contribution < 1.29 is 9.18 Å². The summed E-state index contributed by atoms with van der Waals surface area (Å²) < 4.78 is 13.6.